The highest BCUT2D eigenvalue weighted by molar-refractivity contribution is 6.38. The van der Waals surface area contributed by atoms with Crippen LogP contribution in [0.25, 0.3) is 0 Å². The molecule has 268 valence electrons. The van der Waals surface area contributed by atoms with Gasteiger partial charge in [-0.3, -0.25) is 19.2 Å². The van der Waals surface area contributed by atoms with E-state index >= 15 is 0 Å². The van der Waals surface area contributed by atoms with Crippen molar-refractivity contribution < 1.29 is 33.9 Å². The molecule has 12 heteroatoms. The normalized spacial score (nSPS) is 20.4. The molecular formula is C35H61N5O7. The van der Waals surface area contributed by atoms with Crippen molar-refractivity contribution in [2.45, 2.75) is 126 Å². The maximum atomic E-state index is 14.4. The van der Waals surface area contributed by atoms with Crippen molar-refractivity contribution in [3.63, 3.8) is 0 Å². The van der Waals surface area contributed by atoms with Gasteiger partial charge in [-0.25, -0.2) is 9.59 Å². The number of amides is 5. The van der Waals surface area contributed by atoms with E-state index in [2.05, 4.69) is 27.8 Å². The molecule has 0 aromatic carbocycles. The fourth-order valence-electron chi connectivity index (χ4n) is 6.03. The molecule has 5 N–H and O–H groups in total. The van der Waals surface area contributed by atoms with E-state index in [-0.39, 0.29) is 43.2 Å². The maximum Gasteiger partial charge on any atom is 0.329 e. The summed E-state index contributed by atoms with van der Waals surface area (Å²) in [5, 5.41) is 20.7. The monoisotopic (exact) mass is 663 g/mol. The van der Waals surface area contributed by atoms with E-state index in [0.29, 0.717) is 12.8 Å². The van der Waals surface area contributed by atoms with Crippen LogP contribution in [0.5, 0.6) is 0 Å². The molecule has 7 atom stereocenters. The van der Waals surface area contributed by atoms with Crippen LogP contribution in [0.15, 0.2) is 12.7 Å². The summed E-state index contributed by atoms with van der Waals surface area (Å²) in [6, 6.07) is -3.94. The van der Waals surface area contributed by atoms with Gasteiger partial charge in [0.1, 0.15) is 17.6 Å². The van der Waals surface area contributed by atoms with Crippen LogP contribution in [-0.4, -0.2) is 82.3 Å². The topological polar surface area (TPSA) is 174 Å². The summed E-state index contributed by atoms with van der Waals surface area (Å²) in [6.07, 6.45) is 3.59. The molecule has 1 heterocycles. The number of rotatable bonds is 17. The van der Waals surface area contributed by atoms with E-state index in [0.717, 1.165) is 6.42 Å². The standard InChI is InChI=1S/C35H61N5O7/c1-13-15-16-25(27(41)30(43)36-18-14-2)37-29(42)26-24(22(7)20(3)4)17-19-40(26)31(44)28(34(9,10)11)38-33(47)39-35(12,32(45)46)23(8)21(5)6/h14,20-26,28H,2,13,15-19H2,1,3-12H3,(H,36,43)(H,37,42)(H,45,46)(H2,38,39,47)/t22-,23?,24-,25?,26+,28-,35-/m1/s1. The maximum absolute atomic E-state index is 14.4. The highest BCUT2D eigenvalue weighted by Gasteiger charge is 2.49. The molecule has 0 radical (unpaired) electrons. The van der Waals surface area contributed by atoms with Gasteiger partial charge < -0.3 is 31.3 Å². The molecule has 0 bridgehead atoms. The van der Waals surface area contributed by atoms with Crippen LogP contribution >= 0.6 is 0 Å². The number of carboxylic acid groups (broad SMARTS) is 1. The molecule has 5 amide bonds. The smallest absolute Gasteiger partial charge is 0.329 e. The predicted molar refractivity (Wildman–Crippen MR) is 182 cm³/mol. The zero-order valence-corrected chi connectivity index (χ0v) is 30.5. The Labute approximate surface area is 281 Å². The number of unbranched alkanes of at least 4 members (excludes halogenated alkanes) is 1. The molecular weight excluding hydrogens is 602 g/mol. The summed E-state index contributed by atoms with van der Waals surface area (Å²) in [7, 11) is 0. The second-order valence-electron chi connectivity index (χ2n) is 15.0. The zero-order valence-electron chi connectivity index (χ0n) is 30.5. The van der Waals surface area contributed by atoms with E-state index in [9.17, 15) is 33.9 Å². The first-order valence-electron chi connectivity index (χ1n) is 17.0. The Balaban J connectivity index is 3.49. The Morgan fingerprint density at radius 1 is 0.957 bits per heavy atom. The summed E-state index contributed by atoms with van der Waals surface area (Å²) in [4.78, 5) is 81.3. The fourth-order valence-corrected chi connectivity index (χ4v) is 6.03. The van der Waals surface area contributed by atoms with Gasteiger partial charge in [-0.1, -0.05) is 88.2 Å². The predicted octanol–water partition coefficient (Wildman–Crippen LogP) is 3.89. The minimum Gasteiger partial charge on any atom is -0.480 e. The quantitative estimate of drug-likeness (QED) is 0.116. The third-order valence-corrected chi connectivity index (χ3v) is 9.95. The van der Waals surface area contributed by atoms with E-state index < -0.39 is 70.5 Å². The second kappa shape index (κ2) is 17.6. The lowest BCUT2D eigenvalue weighted by molar-refractivity contribution is -0.146. The van der Waals surface area contributed by atoms with Crippen molar-refractivity contribution in [2.75, 3.05) is 13.1 Å². The minimum atomic E-state index is -1.60. The van der Waals surface area contributed by atoms with Crippen molar-refractivity contribution in [1.29, 1.82) is 0 Å². The van der Waals surface area contributed by atoms with Crippen LogP contribution in [0.4, 0.5) is 4.79 Å². The molecule has 1 rings (SSSR count). The number of hydrogen-bond donors (Lipinski definition) is 5. The highest BCUT2D eigenvalue weighted by atomic mass is 16.4. The largest absolute Gasteiger partial charge is 0.480 e. The molecule has 1 saturated heterocycles. The number of carbonyl (C=O) groups is 6. The van der Waals surface area contributed by atoms with Gasteiger partial charge in [-0.2, -0.15) is 0 Å². The van der Waals surface area contributed by atoms with Crippen LogP contribution in [-0.2, 0) is 24.0 Å². The third-order valence-electron chi connectivity index (χ3n) is 9.95. The highest BCUT2D eigenvalue weighted by Crippen LogP contribution is 2.36. The number of ketones is 1. The van der Waals surface area contributed by atoms with Crippen molar-refractivity contribution in [3.05, 3.63) is 12.7 Å². The third kappa shape index (κ3) is 10.8. The Bertz CT molecular complexity index is 1150. The van der Waals surface area contributed by atoms with Crippen LogP contribution in [0.3, 0.4) is 0 Å². The van der Waals surface area contributed by atoms with Crippen LogP contribution < -0.4 is 21.3 Å². The van der Waals surface area contributed by atoms with Gasteiger partial charge in [0.25, 0.3) is 5.91 Å². The number of hydrogen-bond acceptors (Lipinski definition) is 6. The van der Waals surface area contributed by atoms with Gasteiger partial charge in [-0.05, 0) is 54.8 Å². The summed E-state index contributed by atoms with van der Waals surface area (Å²) >= 11 is 0. The van der Waals surface area contributed by atoms with E-state index in [1.54, 1.807) is 27.7 Å². The van der Waals surface area contributed by atoms with Crippen molar-refractivity contribution >= 4 is 35.5 Å². The molecule has 12 nitrogen and oxygen atoms in total. The molecule has 0 aromatic heterocycles. The first-order chi connectivity index (χ1) is 21.6. The molecule has 1 aliphatic heterocycles. The van der Waals surface area contributed by atoms with Gasteiger partial charge in [-0.15, -0.1) is 6.58 Å². The van der Waals surface area contributed by atoms with Crippen LogP contribution in [0.2, 0.25) is 0 Å². The van der Waals surface area contributed by atoms with Crippen LogP contribution in [0.1, 0.15) is 102 Å². The lowest BCUT2D eigenvalue weighted by Gasteiger charge is -2.39. The van der Waals surface area contributed by atoms with Gasteiger partial charge >= 0.3 is 12.0 Å². The van der Waals surface area contributed by atoms with Gasteiger partial charge in [0, 0.05) is 13.1 Å². The summed E-state index contributed by atoms with van der Waals surface area (Å²) < 4.78 is 0. The first kappa shape index (κ1) is 41.6. The molecule has 47 heavy (non-hydrogen) atoms. The number of carboxylic acids is 1. The Morgan fingerprint density at radius 2 is 1.55 bits per heavy atom. The molecule has 1 fully saturated rings. The van der Waals surface area contributed by atoms with Gasteiger partial charge in [0.15, 0.2) is 0 Å². The summed E-state index contributed by atoms with van der Waals surface area (Å²) in [5.41, 5.74) is -2.42. The molecule has 0 saturated carbocycles. The first-order valence-corrected chi connectivity index (χ1v) is 17.0. The Kier molecular flexibility index (Phi) is 15.6. The molecule has 0 spiro atoms. The fraction of sp³-hybridized carbons (Fsp3) is 0.771. The SMILES string of the molecule is C=CCNC(=O)C(=O)C(CCCC)NC(=O)[C@@H]1[C@@H]([C@H](C)C(C)C)CCN1C(=O)[C@@H](NC(=O)N[C@@](C)(C(=O)O)C(C)C(C)C)C(C)(C)C. The molecule has 1 aliphatic rings. The van der Waals surface area contributed by atoms with Gasteiger partial charge in [0.05, 0.1) is 6.04 Å². The minimum absolute atomic E-state index is 0.0300. The zero-order chi connectivity index (χ0) is 36.4. The van der Waals surface area contributed by atoms with Crippen LogP contribution in [0, 0.1) is 35.0 Å². The Morgan fingerprint density at radius 3 is 2.02 bits per heavy atom. The number of aliphatic carboxylic acids is 1. The number of urea groups is 1. The number of nitrogens with one attached hydrogen (secondary N) is 4. The number of carbonyl (C=O) groups excluding carboxylic acids is 5. The average Bonchev–Trinajstić information content (AvgIpc) is 3.43. The molecule has 0 aliphatic carbocycles. The van der Waals surface area contributed by atoms with E-state index in [4.69, 9.17) is 0 Å². The number of nitrogens with zero attached hydrogens (tertiary/aromatic N) is 1. The summed E-state index contributed by atoms with van der Waals surface area (Å²) in [6.45, 7) is 24.2. The van der Waals surface area contributed by atoms with E-state index in [1.807, 2.05) is 41.5 Å². The van der Waals surface area contributed by atoms with Gasteiger partial charge in [0.2, 0.25) is 17.6 Å². The van der Waals surface area contributed by atoms with Crippen molar-refractivity contribution in [3.8, 4) is 0 Å². The molecule has 0 aromatic rings. The molecule has 2 unspecified atom stereocenters. The lowest BCUT2D eigenvalue weighted by atomic mass is 9.79. The number of likely N-dealkylation sites (tertiary alicyclic amines) is 1. The second-order valence-corrected chi connectivity index (χ2v) is 15.0. The van der Waals surface area contributed by atoms with Crippen molar-refractivity contribution in [1.82, 2.24) is 26.2 Å². The Hall–Kier alpha value is -3.44. The number of Topliss-reactive ketones (excluding diaryl/α,β-unsaturated/α-hetero) is 1. The lowest BCUT2D eigenvalue weighted by Crippen LogP contribution is -2.64. The van der Waals surface area contributed by atoms with Crippen molar-refractivity contribution in [2.24, 2.45) is 35.0 Å². The van der Waals surface area contributed by atoms with E-state index in [1.165, 1.54) is 17.9 Å². The average molecular weight is 664 g/mol. The summed E-state index contributed by atoms with van der Waals surface area (Å²) in [5.74, 6) is -4.30.